The summed E-state index contributed by atoms with van der Waals surface area (Å²) in [5.41, 5.74) is 4.20. The second kappa shape index (κ2) is 5.77. The summed E-state index contributed by atoms with van der Waals surface area (Å²) in [6.45, 7) is 0. The fourth-order valence-electron chi connectivity index (χ4n) is 7.70. The number of hydrogen-bond donors (Lipinski definition) is 0. The Morgan fingerprint density at radius 1 is 0.828 bits per heavy atom. The zero-order valence-electron chi connectivity index (χ0n) is 16.6. The molecule has 0 saturated heterocycles. The van der Waals surface area contributed by atoms with E-state index in [4.69, 9.17) is 9.47 Å². The van der Waals surface area contributed by atoms with Gasteiger partial charge < -0.3 is 9.47 Å². The van der Waals surface area contributed by atoms with Crippen LogP contribution in [0.2, 0.25) is 0 Å². The van der Waals surface area contributed by atoms with Gasteiger partial charge in [-0.2, -0.15) is 10.5 Å². The fraction of sp³-hybridized carbons (Fsp3) is 0.440. The lowest BCUT2D eigenvalue weighted by atomic mass is 9.68. The maximum absolute atomic E-state index is 9.56. The van der Waals surface area contributed by atoms with Crippen LogP contribution in [0.5, 0.6) is 11.5 Å². The van der Waals surface area contributed by atoms with Crippen molar-refractivity contribution in [2.75, 3.05) is 14.2 Å². The number of nitrogens with zero attached hydrogens (tertiary/aromatic N) is 2. The van der Waals surface area contributed by atoms with Crippen molar-refractivity contribution in [3.63, 3.8) is 0 Å². The molecule has 3 saturated carbocycles. The fourth-order valence-corrected chi connectivity index (χ4v) is 7.70. The van der Waals surface area contributed by atoms with Gasteiger partial charge in [0.15, 0.2) is 0 Å². The lowest BCUT2D eigenvalue weighted by Gasteiger charge is -2.37. The Bertz CT molecular complexity index is 1090. The molecule has 4 heteroatoms. The van der Waals surface area contributed by atoms with E-state index in [0.717, 1.165) is 47.1 Å². The molecule has 2 aromatic rings. The number of hydrogen-bond acceptors (Lipinski definition) is 4. The minimum atomic E-state index is 0.374. The third kappa shape index (κ3) is 1.83. The molecule has 6 rings (SSSR count). The van der Waals surface area contributed by atoms with Crippen LogP contribution >= 0.6 is 0 Å². The second-order valence-electron chi connectivity index (χ2n) is 8.89. The molecule has 6 atom stereocenters. The highest BCUT2D eigenvalue weighted by Gasteiger charge is 2.65. The summed E-state index contributed by atoms with van der Waals surface area (Å²) < 4.78 is 12.0. The lowest BCUT2D eigenvalue weighted by molar-refractivity contribution is 0.214. The molecule has 0 aliphatic heterocycles. The molecule has 0 N–H and O–H groups in total. The van der Waals surface area contributed by atoms with E-state index in [9.17, 15) is 10.5 Å². The first-order valence-electron chi connectivity index (χ1n) is 10.5. The molecule has 0 amide bonds. The van der Waals surface area contributed by atoms with Gasteiger partial charge in [-0.3, -0.25) is 0 Å². The highest BCUT2D eigenvalue weighted by molar-refractivity contribution is 5.97. The van der Waals surface area contributed by atoms with E-state index in [1.165, 1.54) is 11.1 Å². The van der Waals surface area contributed by atoms with Crippen LogP contribution in [0, 0.1) is 46.3 Å². The van der Waals surface area contributed by atoms with Gasteiger partial charge in [0.05, 0.1) is 14.2 Å². The molecule has 0 spiro atoms. The summed E-state index contributed by atoms with van der Waals surface area (Å²) >= 11 is 0. The number of benzene rings is 2. The average Bonchev–Trinajstić information content (AvgIpc) is 3.51. The Labute approximate surface area is 170 Å². The smallest absolute Gasteiger partial charge is 0.130 e. The predicted molar refractivity (Wildman–Crippen MR) is 109 cm³/mol. The van der Waals surface area contributed by atoms with E-state index in [-0.39, 0.29) is 0 Å². The predicted octanol–water partition coefficient (Wildman–Crippen LogP) is 5.06. The highest BCUT2D eigenvalue weighted by Crippen LogP contribution is 2.75. The number of nitriles is 2. The summed E-state index contributed by atoms with van der Waals surface area (Å²) in [5, 5.41) is 21.3. The van der Waals surface area contributed by atoms with Gasteiger partial charge in [0, 0.05) is 21.9 Å². The molecule has 4 nitrogen and oxygen atoms in total. The van der Waals surface area contributed by atoms with E-state index >= 15 is 0 Å². The van der Waals surface area contributed by atoms with E-state index in [0.29, 0.717) is 41.1 Å². The van der Waals surface area contributed by atoms with E-state index in [2.05, 4.69) is 36.4 Å². The third-order valence-electron chi connectivity index (χ3n) is 8.26. The molecule has 0 heterocycles. The van der Waals surface area contributed by atoms with E-state index in [1.54, 1.807) is 14.2 Å². The van der Waals surface area contributed by atoms with Gasteiger partial charge in [-0.1, -0.05) is 24.3 Å². The van der Waals surface area contributed by atoms with Crippen molar-refractivity contribution in [1.29, 1.82) is 10.5 Å². The third-order valence-corrected chi connectivity index (χ3v) is 8.26. The van der Waals surface area contributed by atoms with Crippen LogP contribution in [0.3, 0.4) is 0 Å². The molecule has 4 aliphatic carbocycles. The monoisotopic (exact) mass is 382 g/mol. The number of allylic oxidation sites excluding steroid dienone is 2. The number of methoxy groups -OCH3 is 2. The normalized spacial score (nSPS) is 32.6. The van der Waals surface area contributed by atoms with Crippen molar-refractivity contribution >= 4 is 10.8 Å². The molecule has 29 heavy (non-hydrogen) atoms. The molecule has 0 radical (unpaired) electrons. The van der Waals surface area contributed by atoms with Gasteiger partial charge in [0.2, 0.25) is 0 Å². The molecule has 4 aliphatic rings. The van der Waals surface area contributed by atoms with Crippen molar-refractivity contribution in [3.8, 4) is 23.6 Å². The van der Waals surface area contributed by atoms with Gasteiger partial charge in [0.1, 0.15) is 29.2 Å². The summed E-state index contributed by atoms with van der Waals surface area (Å²) in [4.78, 5) is 0. The average molecular weight is 382 g/mol. The van der Waals surface area contributed by atoms with Crippen LogP contribution < -0.4 is 9.47 Å². The summed E-state index contributed by atoms with van der Waals surface area (Å²) in [7, 11) is 3.54. The van der Waals surface area contributed by atoms with Crippen molar-refractivity contribution < 1.29 is 9.47 Å². The van der Waals surface area contributed by atoms with Crippen LogP contribution in [-0.4, -0.2) is 14.2 Å². The van der Waals surface area contributed by atoms with Crippen molar-refractivity contribution in [2.45, 2.75) is 31.1 Å². The van der Waals surface area contributed by atoms with Gasteiger partial charge in [0.25, 0.3) is 0 Å². The van der Waals surface area contributed by atoms with Gasteiger partial charge in [-0.05, 0) is 60.3 Å². The Kier molecular flexibility index (Phi) is 3.37. The quantitative estimate of drug-likeness (QED) is 0.538. The summed E-state index contributed by atoms with van der Waals surface area (Å²) in [6, 6.07) is 12.7. The maximum Gasteiger partial charge on any atom is 0.130 e. The highest BCUT2D eigenvalue weighted by atomic mass is 16.5. The number of rotatable bonds is 2. The van der Waals surface area contributed by atoms with E-state index in [1.807, 2.05) is 0 Å². The molecular weight excluding hydrogens is 360 g/mol. The minimum absolute atomic E-state index is 0.374. The topological polar surface area (TPSA) is 66.0 Å². The van der Waals surface area contributed by atoms with Crippen LogP contribution in [-0.2, 0) is 0 Å². The molecule has 144 valence electrons. The van der Waals surface area contributed by atoms with Gasteiger partial charge in [-0.15, -0.1) is 0 Å². The zero-order chi connectivity index (χ0) is 19.9. The van der Waals surface area contributed by atoms with E-state index < -0.39 is 0 Å². The van der Waals surface area contributed by atoms with Crippen LogP contribution in [0.4, 0.5) is 0 Å². The zero-order valence-corrected chi connectivity index (χ0v) is 16.6. The van der Waals surface area contributed by atoms with Crippen molar-refractivity contribution in [1.82, 2.24) is 0 Å². The molecular formula is C25H22N2O2. The number of ether oxygens (including phenoxy) is 2. The van der Waals surface area contributed by atoms with Crippen LogP contribution in [0.15, 0.2) is 35.4 Å². The molecule has 0 aromatic heterocycles. The Morgan fingerprint density at radius 3 is 1.72 bits per heavy atom. The SMILES string of the molecule is COc1c2c(c(OC)c3ccccc13)[C@@H]1C[C@H]2[C@@H]2[C@H]1[C@@H]1CC[C@H]2C1=C(C#N)C#N. The maximum atomic E-state index is 9.56. The first-order valence-corrected chi connectivity index (χ1v) is 10.5. The first kappa shape index (κ1) is 16.9. The Hall–Kier alpha value is -2.98. The van der Waals surface area contributed by atoms with Crippen molar-refractivity contribution in [3.05, 3.63) is 46.5 Å². The molecule has 0 unspecified atom stereocenters. The standard InChI is InChI=1S/C25H22N2O2/c1-28-24-13-5-3-4-6-14(13)25(29-2)23-18-9-17(22(23)24)20-15-7-8-16(21(18)20)19(15)12(10-26)11-27/h3-6,15-18,20-21H,7-9H2,1-2H3/t15-,16+,17-,18+,20+,21-. The lowest BCUT2D eigenvalue weighted by Crippen LogP contribution is -2.28. The molecule has 4 bridgehead atoms. The minimum Gasteiger partial charge on any atom is -0.496 e. The molecule has 3 fully saturated rings. The van der Waals surface area contributed by atoms with Crippen LogP contribution in [0.1, 0.15) is 42.2 Å². The van der Waals surface area contributed by atoms with Crippen LogP contribution in [0.25, 0.3) is 10.8 Å². The van der Waals surface area contributed by atoms with Crippen molar-refractivity contribution in [2.24, 2.45) is 23.7 Å². The molecule has 2 aromatic carbocycles. The summed E-state index contributed by atoms with van der Waals surface area (Å²) in [5.74, 6) is 4.66. The van der Waals surface area contributed by atoms with Gasteiger partial charge >= 0.3 is 0 Å². The Morgan fingerprint density at radius 2 is 1.31 bits per heavy atom. The van der Waals surface area contributed by atoms with Gasteiger partial charge in [-0.25, -0.2) is 0 Å². The second-order valence-corrected chi connectivity index (χ2v) is 8.89. The Balaban J connectivity index is 1.62. The first-order chi connectivity index (χ1) is 14.2. The summed E-state index contributed by atoms with van der Waals surface area (Å²) in [6.07, 6.45) is 3.36. The number of fused-ring (bicyclic) bond motifs is 13. The largest absolute Gasteiger partial charge is 0.496 e.